The molecule has 8 nitrogen and oxygen atoms in total. The van der Waals surface area contributed by atoms with Gasteiger partial charge in [-0.25, -0.2) is 15.6 Å². The normalized spacial score (nSPS) is 25.0. The van der Waals surface area contributed by atoms with Crippen LogP contribution < -0.4 is 16.3 Å². The van der Waals surface area contributed by atoms with Crippen LogP contribution in [0.5, 0.6) is 0 Å². The highest BCUT2D eigenvalue weighted by molar-refractivity contribution is 6.04. The molecule has 3 N–H and O–H groups in total. The fourth-order valence-corrected chi connectivity index (χ4v) is 5.34. The van der Waals surface area contributed by atoms with E-state index in [-0.39, 0.29) is 17.8 Å². The predicted molar refractivity (Wildman–Crippen MR) is 141 cm³/mol. The highest BCUT2D eigenvalue weighted by Crippen LogP contribution is 2.36. The van der Waals surface area contributed by atoms with E-state index in [9.17, 15) is 14.4 Å². The molecule has 0 radical (unpaired) electrons. The molecule has 1 aromatic carbocycles. The number of Topliss-reactive ketones (excluding diaryl/α,β-unsaturated/α-hetero) is 1. The van der Waals surface area contributed by atoms with Crippen LogP contribution in [-0.4, -0.2) is 47.9 Å². The fourth-order valence-electron chi connectivity index (χ4n) is 5.34. The third-order valence-corrected chi connectivity index (χ3v) is 7.61. The summed E-state index contributed by atoms with van der Waals surface area (Å²) < 4.78 is 6.03. The summed E-state index contributed by atoms with van der Waals surface area (Å²) in [6.45, 7) is 11.4. The van der Waals surface area contributed by atoms with Crippen LogP contribution in [-0.2, 0) is 14.3 Å². The first-order chi connectivity index (χ1) is 17.2. The number of hydrazine groups is 2. The van der Waals surface area contributed by atoms with Gasteiger partial charge in [0.15, 0.2) is 11.8 Å². The second-order valence-electron chi connectivity index (χ2n) is 10.9. The van der Waals surface area contributed by atoms with Crippen LogP contribution in [0, 0.1) is 23.7 Å². The van der Waals surface area contributed by atoms with Gasteiger partial charge in [-0.2, -0.15) is 0 Å². The largest absolute Gasteiger partial charge is 0.458 e. The van der Waals surface area contributed by atoms with Crippen molar-refractivity contribution in [2.75, 3.05) is 18.5 Å². The number of carbonyl (C=O) groups excluding carboxylic acids is 3. The fraction of sp³-hybridized carbons (Fsp3) is 0.679. The number of hydrogen-bond acceptors (Lipinski definition) is 7. The number of ether oxygens (including phenoxy) is 1. The van der Waals surface area contributed by atoms with Gasteiger partial charge in [0.05, 0.1) is 11.3 Å². The van der Waals surface area contributed by atoms with Gasteiger partial charge in [-0.3, -0.25) is 14.6 Å². The maximum absolute atomic E-state index is 13.2. The van der Waals surface area contributed by atoms with Gasteiger partial charge in [-0.05, 0) is 62.0 Å². The smallest absolute Gasteiger partial charge is 0.340 e. The van der Waals surface area contributed by atoms with E-state index in [1.54, 1.807) is 24.3 Å². The number of para-hydroxylation sites is 1. The Labute approximate surface area is 215 Å². The topological polar surface area (TPSA) is 99.8 Å². The van der Waals surface area contributed by atoms with E-state index in [1.165, 1.54) is 11.9 Å². The van der Waals surface area contributed by atoms with Crippen molar-refractivity contribution in [1.82, 2.24) is 15.9 Å². The summed E-state index contributed by atoms with van der Waals surface area (Å²) in [6.07, 6.45) is 6.26. The Bertz CT molecular complexity index is 905. The van der Waals surface area contributed by atoms with Gasteiger partial charge >= 0.3 is 5.97 Å². The first-order valence-electron chi connectivity index (χ1n) is 13.6. The number of esters is 1. The Balaban J connectivity index is 1.65. The molecule has 1 aliphatic heterocycles. The molecule has 5 atom stereocenters. The number of benzene rings is 1. The Morgan fingerprint density at radius 1 is 1.19 bits per heavy atom. The number of ketones is 1. The van der Waals surface area contributed by atoms with Crippen LogP contribution in [0.15, 0.2) is 24.3 Å². The van der Waals surface area contributed by atoms with E-state index in [4.69, 9.17) is 4.74 Å². The summed E-state index contributed by atoms with van der Waals surface area (Å²) in [5.41, 5.74) is 9.80. The van der Waals surface area contributed by atoms with Crippen LogP contribution in [0.25, 0.3) is 0 Å². The Hall–Kier alpha value is -2.45. The molecule has 3 rings (SSSR count). The standard InChI is InChI=1S/C28H44N4O4/c1-6-7-10-21-16-29-32(17-21)27(34)26(20(5)33)31-30-24-12-9-8-11-23(24)28(35)36-25-15-19(4)13-14-22(25)18(2)3/h8-9,11-12,18-19,21-22,25-26,29-31H,6-7,10,13-17H2,1-5H3. The van der Waals surface area contributed by atoms with Gasteiger partial charge < -0.3 is 10.2 Å². The molecule has 200 valence electrons. The van der Waals surface area contributed by atoms with E-state index in [2.05, 4.69) is 44.0 Å². The SMILES string of the molecule is CCCCC1CNN(C(=O)C(NNc2ccccc2C(=O)OC2CC(C)CCC2C(C)C)C(C)=O)C1. The van der Waals surface area contributed by atoms with Crippen molar-refractivity contribution >= 4 is 23.3 Å². The highest BCUT2D eigenvalue weighted by atomic mass is 16.5. The van der Waals surface area contributed by atoms with Crippen molar-refractivity contribution in [1.29, 1.82) is 0 Å². The van der Waals surface area contributed by atoms with Gasteiger partial charge in [0.1, 0.15) is 6.10 Å². The van der Waals surface area contributed by atoms with Crippen molar-refractivity contribution in [3.8, 4) is 0 Å². The molecule has 1 saturated carbocycles. The number of carbonyl (C=O) groups is 3. The molecule has 0 bridgehead atoms. The molecule has 5 unspecified atom stereocenters. The molecule has 1 aliphatic carbocycles. The van der Waals surface area contributed by atoms with Crippen molar-refractivity contribution in [2.24, 2.45) is 23.7 Å². The number of anilines is 1. The molecule has 1 heterocycles. The Kier molecular flexibility index (Phi) is 10.3. The number of unbranched alkanes of at least 4 members (excludes halogenated alkanes) is 1. The second-order valence-corrected chi connectivity index (χ2v) is 10.9. The summed E-state index contributed by atoms with van der Waals surface area (Å²) >= 11 is 0. The third-order valence-electron chi connectivity index (χ3n) is 7.61. The summed E-state index contributed by atoms with van der Waals surface area (Å²) in [7, 11) is 0. The molecule has 1 saturated heterocycles. The monoisotopic (exact) mass is 500 g/mol. The molecular formula is C28H44N4O4. The van der Waals surface area contributed by atoms with Crippen molar-refractivity contribution in [3.63, 3.8) is 0 Å². The lowest BCUT2D eigenvalue weighted by Gasteiger charge is -2.36. The lowest BCUT2D eigenvalue weighted by Crippen LogP contribution is -2.54. The van der Waals surface area contributed by atoms with Crippen LogP contribution in [0.3, 0.4) is 0 Å². The van der Waals surface area contributed by atoms with Crippen molar-refractivity contribution in [3.05, 3.63) is 29.8 Å². The zero-order valence-electron chi connectivity index (χ0n) is 22.5. The van der Waals surface area contributed by atoms with E-state index in [1.807, 2.05) is 0 Å². The minimum Gasteiger partial charge on any atom is -0.458 e. The summed E-state index contributed by atoms with van der Waals surface area (Å²) in [6, 6.07) is 5.95. The second kappa shape index (κ2) is 13.2. The minimum absolute atomic E-state index is 0.115. The number of nitrogens with zero attached hydrogens (tertiary/aromatic N) is 1. The average molecular weight is 501 g/mol. The molecule has 36 heavy (non-hydrogen) atoms. The Morgan fingerprint density at radius 3 is 2.64 bits per heavy atom. The van der Waals surface area contributed by atoms with Crippen molar-refractivity contribution < 1.29 is 19.1 Å². The van der Waals surface area contributed by atoms with Gasteiger partial charge in [-0.1, -0.05) is 59.1 Å². The molecule has 1 amide bonds. The van der Waals surface area contributed by atoms with Crippen LogP contribution >= 0.6 is 0 Å². The molecule has 2 aliphatic rings. The van der Waals surface area contributed by atoms with E-state index >= 15 is 0 Å². The van der Waals surface area contributed by atoms with Gasteiger partial charge in [0, 0.05) is 13.1 Å². The molecule has 8 heteroatoms. The average Bonchev–Trinajstić information content (AvgIpc) is 3.31. The number of hydrogen-bond donors (Lipinski definition) is 3. The molecule has 0 spiro atoms. The van der Waals surface area contributed by atoms with E-state index in [0.29, 0.717) is 41.5 Å². The summed E-state index contributed by atoms with van der Waals surface area (Å²) in [5.74, 6) is 0.673. The van der Waals surface area contributed by atoms with E-state index in [0.717, 1.165) is 45.1 Å². The molecule has 1 aromatic rings. The maximum atomic E-state index is 13.2. The van der Waals surface area contributed by atoms with E-state index < -0.39 is 12.0 Å². The lowest BCUT2D eigenvalue weighted by atomic mass is 9.75. The number of nitrogens with one attached hydrogen (secondary N) is 3. The Morgan fingerprint density at radius 2 is 1.94 bits per heavy atom. The van der Waals surface area contributed by atoms with Crippen LogP contribution in [0.1, 0.15) is 83.5 Å². The van der Waals surface area contributed by atoms with Crippen LogP contribution in [0.2, 0.25) is 0 Å². The zero-order chi connectivity index (χ0) is 26.2. The van der Waals surface area contributed by atoms with Crippen LogP contribution in [0.4, 0.5) is 5.69 Å². The highest BCUT2D eigenvalue weighted by Gasteiger charge is 2.35. The third kappa shape index (κ3) is 7.29. The molecule has 0 aromatic heterocycles. The van der Waals surface area contributed by atoms with Crippen molar-refractivity contribution in [2.45, 2.75) is 85.3 Å². The molecular weight excluding hydrogens is 456 g/mol. The zero-order valence-corrected chi connectivity index (χ0v) is 22.5. The predicted octanol–water partition coefficient (Wildman–Crippen LogP) is 4.33. The first kappa shape index (κ1) is 28.1. The number of amides is 1. The molecule has 2 fully saturated rings. The lowest BCUT2D eigenvalue weighted by molar-refractivity contribution is -0.139. The maximum Gasteiger partial charge on any atom is 0.340 e. The summed E-state index contributed by atoms with van der Waals surface area (Å²) in [5, 5.41) is 1.54. The van der Waals surface area contributed by atoms with Gasteiger partial charge in [0.25, 0.3) is 5.91 Å². The summed E-state index contributed by atoms with van der Waals surface area (Å²) in [4.78, 5) is 38.7. The van der Waals surface area contributed by atoms with Gasteiger partial charge in [0.2, 0.25) is 0 Å². The minimum atomic E-state index is -1.07. The first-order valence-corrected chi connectivity index (χ1v) is 13.6. The van der Waals surface area contributed by atoms with Gasteiger partial charge in [-0.15, -0.1) is 0 Å². The quantitative estimate of drug-likeness (QED) is 0.236. The number of rotatable bonds is 11.